The molecule has 0 aliphatic carbocycles. The van der Waals surface area contributed by atoms with E-state index in [4.69, 9.17) is 11.6 Å². The lowest BCUT2D eigenvalue weighted by molar-refractivity contribution is -0.126. The molecule has 162 valence electrons. The molecule has 0 unspecified atom stereocenters. The number of halogens is 1. The number of benzene rings is 1. The average molecular weight is 442 g/mol. The molecule has 2 fully saturated rings. The van der Waals surface area contributed by atoms with Crippen molar-refractivity contribution in [3.63, 3.8) is 0 Å². The maximum Gasteiger partial charge on any atom is 0.243 e. The van der Waals surface area contributed by atoms with Crippen molar-refractivity contribution in [1.29, 1.82) is 0 Å². The minimum Gasteiger partial charge on any atom is -0.356 e. The van der Waals surface area contributed by atoms with Gasteiger partial charge in [0.05, 0.1) is 10.8 Å². The SMILES string of the molecule is O=C(NCCCN1CCCCCC1)[C@@H]1CCCN(S(=O)(=O)c2ccc(Cl)cc2)C1. The van der Waals surface area contributed by atoms with Crippen LogP contribution in [0.5, 0.6) is 0 Å². The Kier molecular flexibility index (Phi) is 8.35. The van der Waals surface area contributed by atoms with Crippen molar-refractivity contribution >= 4 is 27.5 Å². The number of carbonyl (C=O) groups excluding carboxylic acids is 1. The molecule has 0 saturated carbocycles. The number of amides is 1. The zero-order valence-corrected chi connectivity index (χ0v) is 18.6. The van der Waals surface area contributed by atoms with E-state index in [0.717, 1.165) is 32.5 Å². The Bertz CT molecular complexity index is 762. The van der Waals surface area contributed by atoms with Crippen LogP contribution < -0.4 is 5.32 Å². The van der Waals surface area contributed by atoms with Gasteiger partial charge in [0.25, 0.3) is 0 Å². The first kappa shape index (κ1) is 22.5. The fourth-order valence-corrected chi connectivity index (χ4v) is 5.80. The van der Waals surface area contributed by atoms with Crippen LogP contribution in [0.15, 0.2) is 29.2 Å². The molecule has 2 aliphatic heterocycles. The monoisotopic (exact) mass is 441 g/mol. The predicted octanol–water partition coefficient (Wildman–Crippen LogP) is 3.12. The number of piperidine rings is 1. The van der Waals surface area contributed by atoms with Crippen molar-refractivity contribution in [2.24, 2.45) is 5.92 Å². The van der Waals surface area contributed by atoms with E-state index in [1.165, 1.54) is 42.1 Å². The van der Waals surface area contributed by atoms with Crippen LogP contribution in [-0.4, -0.2) is 62.8 Å². The maximum absolute atomic E-state index is 12.9. The molecule has 0 bridgehead atoms. The topological polar surface area (TPSA) is 69.7 Å². The number of rotatable bonds is 7. The molecule has 8 heteroatoms. The van der Waals surface area contributed by atoms with Gasteiger partial charge in [-0.25, -0.2) is 8.42 Å². The van der Waals surface area contributed by atoms with Gasteiger partial charge in [-0.3, -0.25) is 4.79 Å². The summed E-state index contributed by atoms with van der Waals surface area (Å²) in [5.74, 6) is -0.319. The maximum atomic E-state index is 12.9. The highest BCUT2D eigenvalue weighted by atomic mass is 35.5. The number of sulfonamides is 1. The zero-order valence-electron chi connectivity index (χ0n) is 17.0. The third-order valence-electron chi connectivity index (χ3n) is 5.86. The fourth-order valence-electron chi connectivity index (χ4n) is 4.15. The molecule has 3 rings (SSSR count). The van der Waals surface area contributed by atoms with Gasteiger partial charge >= 0.3 is 0 Å². The highest BCUT2D eigenvalue weighted by Gasteiger charge is 2.33. The molecule has 2 saturated heterocycles. The molecule has 0 radical (unpaired) electrons. The van der Waals surface area contributed by atoms with Gasteiger partial charge in [0.15, 0.2) is 0 Å². The van der Waals surface area contributed by atoms with E-state index in [1.54, 1.807) is 12.1 Å². The van der Waals surface area contributed by atoms with E-state index in [0.29, 0.717) is 24.5 Å². The zero-order chi connectivity index (χ0) is 20.7. The Morgan fingerprint density at radius 2 is 1.72 bits per heavy atom. The van der Waals surface area contributed by atoms with Crippen LogP contribution in [0.1, 0.15) is 44.9 Å². The molecular weight excluding hydrogens is 410 g/mol. The molecule has 2 heterocycles. The van der Waals surface area contributed by atoms with Crippen molar-refractivity contribution in [2.75, 3.05) is 39.3 Å². The minimum atomic E-state index is -3.60. The van der Waals surface area contributed by atoms with Crippen LogP contribution in [0.2, 0.25) is 5.02 Å². The van der Waals surface area contributed by atoms with Crippen LogP contribution in [0.3, 0.4) is 0 Å². The lowest BCUT2D eigenvalue weighted by Crippen LogP contribution is -2.45. The molecule has 6 nitrogen and oxygen atoms in total. The van der Waals surface area contributed by atoms with Crippen LogP contribution >= 0.6 is 11.6 Å². The average Bonchev–Trinajstić information content (AvgIpc) is 3.00. The highest BCUT2D eigenvalue weighted by Crippen LogP contribution is 2.24. The molecule has 1 atom stereocenters. The third kappa shape index (κ3) is 6.41. The molecule has 1 aromatic rings. The first-order chi connectivity index (χ1) is 14.0. The Balaban J connectivity index is 1.47. The summed E-state index contributed by atoms with van der Waals surface area (Å²) in [7, 11) is -3.60. The van der Waals surface area contributed by atoms with Crippen LogP contribution in [0.4, 0.5) is 0 Å². The number of likely N-dealkylation sites (tertiary alicyclic amines) is 1. The summed E-state index contributed by atoms with van der Waals surface area (Å²) in [5, 5.41) is 3.52. The summed E-state index contributed by atoms with van der Waals surface area (Å²) in [6.45, 7) is 4.67. The second kappa shape index (κ2) is 10.8. The van der Waals surface area contributed by atoms with Crippen LogP contribution in [0.25, 0.3) is 0 Å². The van der Waals surface area contributed by atoms with E-state index < -0.39 is 10.0 Å². The molecule has 29 heavy (non-hydrogen) atoms. The van der Waals surface area contributed by atoms with Gasteiger partial charge in [0, 0.05) is 24.7 Å². The van der Waals surface area contributed by atoms with Crippen molar-refractivity contribution in [1.82, 2.24) is 14.5 Å². The number of hydrogen-bond donors (Lipinski definition) is 1. The Labute approximate surface area is 179 Å². The van der Waals surface area contributed by atoms with E-state index >= 15 is 0 Å². The normalized spacial score (nSPS) is 22.2. The first-order valence-electron chi connectivity index (χ1n) is 10.7. The Hall–Kier alpha value is -1.15. The Morgan fingerprint density at radius 3 is 2.41 bits per heavy atom. The largest absolute Gasteiger partial charge is 0.356 e. The van der Waals surface area contributed by atoms with Gasteiger partial charge in [-0.1, -0.05) is 24.4 Å². The number of carbonyl (C=O) groups is 1. The summed E-state index contributed by atoms with van der Waals surface area (Å²) >= 11 is 5.87. The molecule has 1 N–H and O–H groups in total. The van der Waals surface area contributed by atoms with Gasteiger partial charge in [-0.05, 0) is 76.0 Å². The van der Waals surface area contributed by atoms with Crippen molar-refractivity contribution in [3.05, 3.63) is 29.3 Å². The van der Waals surface area contributed by atoms with E-state index in [9.17, 15) is 13.2 Å². The number of hydrogen-bond acceptors (Lipinski definition) is 4. The fraction of sp³-hybridized carbons (Fsp3) is 0.667. The lowest BCUT2D eigenvalue weighted by atomic mass is 9.99. The highest BCUT2D eigenvalue weighted by molar-refractivity contribution is 7.89. The second-order valence-corrected chi connectivity index (χ2v) is 10.4. The van der Waals surface area contributed by atoms with E-state index in [-0.39, 0.29) is 23.3 Å². The van der Waals surface area contributed by atoms with Crippen molar-refractivity contribution in [3.8, 4) is 0 Å². The first-order valence-corrected chi connectivity index (χ1v) is 12.5. The van der Waals surface area contributed by atoms with Gasteiger partial charge in [-0.15, -0.1) is 0 Å². The summed E-state index contributed by atoms with van der Waals surface area (Å²) in [6, 6.07) is 6.19. The molecule has 1 aromatic carbocycles. The Morgan fingerprint density at radius 1 is 1.03 bits per heavy atom. The predicted molar refractivity (Wildman–Crippen MR) is 115 cm³/mol. The van der Waals surface area contributed by atoms with Gasteiger partial charge in [0.1, 0.15) is 0 Å². The lowest BCUT2D eigenvalue weighted by Gasteiger charge is -2.31. The summed E-state index contributed by atoms with van der Waals surface area (Å²) in [6.07, 6.45) is 7.54. The third-order valence-corrected chi connectivity index (χ3v) is 7.99. The molecular formula is C21H32ClN3O3S. The van der Waals surface area contributed by atoms with E-state index in [1.807, 2.05) is 0 Å². The smallest absolute Gasteiger partial charge is 0.243 e. The minimum absolute atomic E-state index is 0.0307. The van der Waals surface area contributed by atoms with Gasteiger partial charge < -0.3 is 10.2 Å². The summed E-state index contributed by atoms with van der Waals surface area (Å²) in [5.41, 5.74) is 0. The van der Waals surface area contributed by atoms with Crippen LogP contribution in [0, 0.1) is 5.92 Å². The molecule has 1 amide bonds. The van der Waals surface area contributed by atoms with Crippen molar-refractivity contribution in [2.45, 2.75) is 49.8 Å². The van der Waals surface area contributed by atoms with Gasteiger partial charge in [0.2, 0.25) is 15.9 Å². The van der Waals surface area contributed by atoms with Crippen LogP contribution in [-0.2, 0) is 14.8 Å². The quantitative estimate of drug-likeness (QED) is 0.660. The van der Waals surface area contributed by atoms with Crippen molar-refractivity contribution < 1.29 is 13.2 Å². The molecule has 0 aromatic heterocycles. The molecule has 2 aliphatic rings. The summed E-state index contributed by atoms with van der Waals surface area (Å²) < 4.78 is 27.2. The summed E-state index contributed by atoms with van der Waals surface area (Å²) in [4.78, 5) is 15.3. The second-order valence-electron chi connectivity index (χ2n) is 8.06. The van der Waals surface area contributed by atoms with E-state index in [2.05, 4.69) is 10.2 Å². The number of nitrogens with zero attached hydrogens (tertiary/aromatic N) is 2. The molecule has 0 spiro atoms. The number of nitrogens with one attached hydrogen (secondary N) is 1. The van der Waals surface area contributed by atoms with Gasteiger partial charge in [-0.2, -0.15) is 4.31 Å². The standard InChI is InChI=1S/C21H32ClN3O3S/c22-19-8-10-20(11-9-19)29(27,28)25-16-5-7-18(17-25)21(26)23-12-6-15-24-13-3-1-2-4-14-24/h8-11,18H,1-7,12-17H2,(H,23,26)/t18-/m1/s1.